The first kappa shape index (κ1) is 16.7. The number of rotatable bonds is 7. The molecule has 0 saturated heterocycles. The van der Waals surface area contributed by atoms with Crippen molar-refractivity contribution in [3.63, 3.8) is 0 Å². The lowest BCUT2D eigenvalue weighted by atomic mass is 9.77. The lowest BCUT2D eigenvalue weighted by molar-refractivity contribution is -0.157. The quantitative estimate of drug-likeness (QED) is 0.424. The highest BCUT2D eigenvalue weighted by Crippen LogP contribution is 2.29. The summed E-state index contributed by atoms with van der Waals surface area (Å²) in [6.07, 6.45) is 5.73. The van der Waals surface area contributed by atoms with Crippen LogP contribution in [0, 0.1) is 29.6 Å². The molecule has 0 unspecified atom stereocenters. The number of ether oxygens (including phenoxy) is 1. The zero-order chi connectivity index (χ0) is 14.3. The molecule has 0 spiro atoms. The molecule has 0 rings (SSSR count). The topological polar surface area (TPSA) is 63.6 Å². The van der Waals surface area contributed by atoms with Gasteiger partial charge in [0.2, 0.25) is 0 Å². The first-order valence-electron chi connectivity index (χ1n) is 6.06. The summed E-state index contributed by atoms with van der Waals surface area (Å²) in [4.78, 5) is 23.9. The number of Topliss-reactive ketones (excluding diaryl/α,β-unsaturated/α-hetero) is 1. The largest absolute Gasteiger partial charge is 0.468 e. The van der Waals surface area contributed by atoms with Gasteiger partial charge in [-0.25, -0.2) is 0 Å². The molecule has 4 nitrogen and oxygen atoms in total. The normalized spacial score (nSPS) is 17.1. The highest BCUT2D eigenvalue weighted by Gasteiger charge is 2.41. The van der Waals surface area contributed by atoms with E-state index in [-0.39, 0.29) is 30.6 Å². The van der Waals surface area contributed by atoms with E-state index in [4.69, 9.17) is 6.42 Å². The predicted molar refractivity (Wildman–Crippen MR) is 68.6 cm³/mol. The number of carbonyl (C=O) groups excluding carboxylic acids is 2. The number of methoxy groups -OCH3 is 1. The number of carbonyl (C=O) groups is 2. The fourth-order valence-electron chi connectivity index (χ4n) is 1.68. The molecule has 0 aliphatic heterocycles. The van der Waals surface area contributed by atoms with Gasteiger partial charge in [-0.15, -0.1) is 12.3 Å². The first-order valence-corrected chi connectivity index (χ1v) is 6.06. The monoisotopic (exact) mass is 254 g/mol. The molecule has 0 aromatic heterocycles. The fourth-order valence-corrected chi connectivity index (χ4v) is 1.68. The van der Waals surface area contributed by atoms with Crippen molar-refractivity contribution in [2.24, 2.45) is 17.3 Å². The van der Waals surface area contributed by atoms with Crippen LogP contribution in [0.25, 0.3) is 0 Å². The van der Waals surface area contributed by atoms with Gasteiger partial charge in [0.05, 0.1) is 7.11 Å². The minimum atomic E-state index is -1.16. The van der Waals surface area contributed by atoms with Gasteiger partial charge in [-0.1, -0.05) is 13.8 Å². The van der Waals surface area contributed by atoms with Gasteiger partial charge >= 0.3 is 5.97 Å². The lowest BCUT2D eigenvalue weighted by Gasteiger charge is -2.26. The van der Waals surface area contributed by atoms with E-state index < -0.39 is 11.4 Å². The summed E-state index contributed by atoms with van der Waals surface area (Å²) in [5, 5.41) is 9.25. The van der Waals surface area contributed by atoms with Crippen LogP contribution < -0.4 is 0 Å². The first-order chi connectivity index (χ1) is 8.37. The van der Waals surface area contributed by atoms with Crippen LogP contribution in [-0.2, 0) is 14.3 Å². The van der Waals surface area contributed by atoms with E-state index in [1.165, 1.54) is 7.11 Å². The van der Waals surface area contributed by atoms with Gasteiger partial charge in [-0.3, -0.25) is 9.59 Å². The van der Waals surface area contributed by atoms with E-state index in [2.05, 4.69) is 10.7 Å². The van der Waals surface area contributed by atoms with Crippen molar-refractivity contribution in [1.82, 2.24) is 0 Å². The number of ketones is 1. The van der Waals surface area contributed by atoms with Crippen molar-refractivity contribution < 1.29 is 19.4 Å². The Hall–Kier alpha value is -1.34. The van der Waals surface area contributed by atoms with Crippen LogP contribution in [-0.4, -0.2) is 30.6 Å². The van der Waals surface area contributed by atoms with Gasteiger partial charge in [-0.2, -0.15) is 0 Å². The van der Waals surface area contributed by atoms with E-state index in [9.17, 15) is 14.7 Å². The Kier molecular flexibility index (Phi) is 6.64. The molecule has 0 bridgehead atoms. The van der Waals surface area contributed by atoms with Gasteiger partial charge in [0.15, 0.2) is 0 Å². The molecule has 0 saturated carbocycles. The van der Waals surface area contributed by atoms with Crippen molar-refractivity contribution in [3.05, 3.63) is 0 Å². The fraction of sp³-hybridized carbons (Fsp3) is 0.714. The highest BCUT2D eigenvalue weighted by molar-refractivity contribution is 6.03. The molecule has 4 heteroatoms. The van der Waals surface area contributed by atoms with Crippen molar-refractivity contribution in [3.8, 4) is 12.3 Å². The molecule has 0 amide bonds. The minimum absolute atomic E-state index is 0.0846. The Morgan fingerprint density at radius 3 is 2.39 bits per heavy atom. The third kappa shape index (κ3) is 3.58. The molecule has 3 atom stereocenters. The molecule has 1 N–H and O–H groups in total. The molecule has 0 fully saturated rings. The average molecular weight is 254 g/mol. The maximum atomic E-state index is 12.2. The third-order valence-electron chi connectivity index (χ3n) is 3.61. The van der Waals surface area contributed by atoms with Crippen molar-refractivity contribution in [2.45, 2.75) is 33.6 Å². The van der Waals surface area contributed by atoms with Gasteiger partial charge in [0.1, 0.15) is 11.2 Å². The third-order valence-corrected chi connectivity index (χ3v) is 3.61. The maximum absolute atomic E-state index is 12.2. The van der Waals surface area contributed by atoms with E-state index in [0.717, 1.165) is 0 Å². The van der Waals surface area contributed by atoms with Crippen molar-refractivity contribution >= 4 is 11.8 Å². The van der Waals surface area contributed by atoms with Crippen LogP contribution in [0.5, 0.6) is 0 Å². The van der Waals surface area contributed by atoms with Crippen LogP contribution >= 0.6 is 0 Å². The summed E-state index contributed by atoms with van der Waals surface area (Å²) in [6, 6.07) is 0. The number of aliphatic hydroxyl groups excluding tert-OH is 1. The Bertz CT molecular complexity index is 342. The molecule has 0 heterocycles. The maximum Gasteiger partial charge on any atom is 0.319 e. The zero-order valence-electron chi connectivity index (χ0n) is 11.5. The summed E-state index contributed by atoms with van der Waals surface area (Å²) in [7, 11) is 1.26. The summed E-state index contributed by atoms with van der Waals surface area (Å²) in [6.45, 7) is 4.93. The molecular formula is C14H22O4. The molecule has 0 aromatic rings. The Labute approximate surface area is 109 Å². The predicted octanol–water partition coefficient (Wildman–Crippen LogP) is 1.41. The number of esters is 1. The van der Waals surface area contributed by atoms with Crippen molar-refractivity contribution in [1.29, 1.82) is 0 Å². The van der Waals surface area contributed by atoms with Gasteiger partial charge in [0.25, 0.3) is 0 Å². The summed E-state index contributed by atoms with van der Waals surface area (Å²) in [5.74, 6) is 1.19. The Morgan fingerprint density at radius 1 is 1.50 bits per heavy atom. The average Bonchev–Trinajstić information content (AvgIpc) is 2.41. The van der Waals surface area contributed by atoms with E-state index in [0.29, 0.717) is 6.42 Å². The van der Waals surface area contributed by atoms with Crippen LogP contribution in [0.1, 0.15) is 33.6 Å². The van der Waals surface area contributed by atoms with Gasteiger partial charge in [-0.05, 0) is 13.3 Å². The molecule has 18 heavy (non-hydrogen) atoms. The second-order valence-corrected chi connectivity index (χ2v) is 4.70. The number of hydrogen-bond acceptors (Lipinski definition) is 4. The lowest BCUT2D eigenvalue weighted by Crippen LogP contribution is -2.38. The molecule has 0 aliphatic rings. The number of aliphatic hydroxyl groups is 1. The molecule has 0 aromatic carbocycles. The smallest absolute Gasteiger partial charge is 0.319 e. The summed E-state index contributed by atoms with van der Waals surface area (Å²) < 4.78 is 4.67. The Morgan fingerprint density at radius 2 is 2.06 bits per heavy atom. The highest BCUT2D eigenvalue weighted by atomic mass is 16.5. The standard InChI is InChI=1S/C14H22O4/c1-6-10(3)11(9-15)8-12(16)14(4,7-2)13(17)18-5/h1,10-11,15H,7-9H2,2-5H3/t10-,11-,14-/m0/s1. The summed E-state index contributed by atoms with van der Waals surface area (Å²) in [5.41, 5.74) is -1.16. The van der Waals surface area contributed by atoms with Gasteiger partial charge < -0.3 is 9.84 Å². The van der Waals surface area contributed by atoms with Crippen molar-refractivity contribution in [2.75, 3.05) is 13.7 Å². The molecule has 0 aliphatic carbocycles. The van der Waals surface area contributed by atoms with E-state index >= 15 is 0 Å². The molecule has 102 valence electrons. The minimum Gasteiger partial charge on any atom is -0.468 e. The van der Waals surface area contributed by atoms with E-state index in [1.807, 2.05) is 0 Å². The SMILES string of the molecule is C#C[C@H](C)[C@H](CO)CC(=O)[C@](C)(CC)C(=O)OC. The van der Waals surface area contributed by atoms with Gasteiger partial charge in [0, 0.05) is 24.9 Å². The second kappa shape index (κ2) is 7.17. The zero-order valence-corrected chi connectivity index (χ0v) is 11.5. The number of terminal acetylenes is 1. The number of hydrogen-bond donors (Lipinski definition) is 1. The summed E-state index contributed by atoms with van der Waals surface area (Å²) >= 11 is 0. The van der Waals surface area contributed by atoms with Crippen LogP contribution in [0.2, 0.25) is 0 Å². The van der Waals surface area contributed by atoms with Crippen LogP contribution in [0.4, 0.5) is 0 Å². The Balaban J connectivity index is 4.93. The molecular weight excluding hydrogens is 232 g/mol. The van der Waals surface area contributed by atoms with E-state index in [1.54, 1.807) is 20.8 Å². The van der Waals surface area contributed by atoms with Crippen LogP contribution in [0.3, 0.4) is 0 Å². The second-order valence-electron chi connectivity index (χ2n) is 4.70. The molecule has 0 radical (unpaired) electrons. The van der Waals surface area contributed by atoms with Crippen LogP contribution in [0.15, 0.2) is 0 Å².